The summed E-state index contributed by atoms with van der Waals surface area (Å²) in [7, 11) is 0. The first-order valence-electron chi connectivity index (χ1n) is 10.6. The molecule has 1 heterocycles. The highest BCUT2D eigenvalue weighted by Crippen LogP contribution is 2.36. The van der Waals surface area contributed by atoms with E-state index >= 15 is 0 Å². The van der Waals surface area contributed by atoms with E-state index in [4.69, 9.17) is 32.7 Å². The molecule has 6 nitrogen and oxygen atoms in total. The maximum atomic E-state index is 12.5. The fraction of sp³-hybridized carbons (Fsp3) is 0.333. The Morgan fingerprint density at radius 1 is 1.03 bits per heavy atom. The van der Waals surface area contributed by atoms with E-state index in [0.29, 0.717) is 38.5 Å². The lowest BCUT2D eigenvalue weighted by atomic mass is 10.1. The van der Waals surface area contributed by atoms with Gasteiger partial charge in [-0.25, -0.2) is 4.68 Å². The van der Waals surface area contributed by atoms with Crippen LogP contribution in [0.2, 0.25) is 10.0 Å². The number of thioether (sulfide) groups is 1. The van der Waals surface area contributed by atoms with Crippen LogP contribution >= 0.6 is 35.0 Å². The Morgan fingerprint density at radius 2 is 1.67 bits per heavy atom. The SMILES string of the molecule is Cc1cc(Oc2ccc(OC(F)(F)F)cc2)cc(Cl)c1OCCSc1cnn(C(C)(C)C)c(=O)c1Cl. The molecule has 1 aromatic heterocycles. The summed E-state index contributed by atoms with van der Waals surface area (Å²) >= 11 is 14.0. The molecule has 0 saturated carbocycles. The highest BCUT2D eigenvalue weighted by molar-refractivity contribution is 7.99. The van der Waals surface area contributed by atoms with E-state index in [-0.39, 0.29) is 22.9 Å². The summed E-state index contributed by atoms with van der Waals surface area (Å²) in [6.45, 7) is 7.66. The Kier molecular flexibility index (Phi) is 8.74. The van der Waals surface area contributed by atoms with Crippen molar-refractivity contribution in [1.82, 2.24) is 9.78 Å². The predicted octanol–water partition coefficient (Wildman–Crippen LogP) is 7.48. The number of ether oxygens (including phenoxy) is 3. The Balaban J connectivity index is 1.59. The fourth-order valence-corrected chi connectivity index (χ4v) is 4.40. The van der Waals surface area contributed by atoms with Crippen molar-refractivity contribution in [3.05, 3.63) is 68.6 Å². The van der Waals surface area contributed by atoms with Crippen LogP contribution in [0.4, 0.5) is 13.2 Å². The van der Waals surface area contributed by atoms with Gasteiger partial charge in [0.15, 0.2) is 0 Å². The van der Waals surface area contributed by atoms with Gasteiger partial charge in [0.1, 0.15) is 28.0 Å². The van der Waals surface area contributed by atoms with Crippen LogP contribution in [0, 0.1) is 6.92 Å². The quantitative estimate of drug-likeness (QED) is 0.209. The van der Waals surface area contributed by atoms with Crippen LogP contribution in [0.25, 0.3) is 0 Å². The highest BCUT2D eigenvalue weighted by atomic mass is 35.5. The third kappa shape index (κ3) is 7.47. The van der Waals surface area contributed by atoms with Gasteiger partial charge < -0.3 is 14.2 Å². The van der Waals surface area contributed by atoms with Gasteiger partial charge in [-0.05, 0) is 63.6 Å². The molecule has 0 saturated heterocycles. The normalized spacial score (nSPS) is 11.9. The summed E-state index contributed by atoms with van der Waals surface area (Å²) in [6, 6.07) is 8.25. The van der Waals surface area contributed by atoms with Gasteiger partial charge in [0, 0.05) is 11.8 Å². The molecule has 194 valence electrons. The lowest BCUT2D eigenvalue weighted by Crippen LogP contribution is -2.36. The van der Waals surface area contributed by atoms with Crippen LogP contribution in [-0.2, 0) is 5.54 Å². The summed E-state index contributed by atoms with van der Waals surface area (Å²) in [5.41, 5.74) is -0.138. The zero-order valence-electron chi connectivity index (χ0n) is 19.8. The van der Waals surface area contributed by atoms with Gasteiger partial charge in [0.05, 0.1) is 28.3 Å². The van der Waals surface area contributed by atoms with Gasteiger partial charge in [-0.2, -0.15) is 5.10 Å². The van der Waals surface area contributed by atoms with Gasteiger partial charge in [-0.15, -0.1) is 24.9 Å². The van der Waals surface area contributed by atoms with Crippen molar-refractivity contribution in [3.8, 4) is 23.0 Å². The molecule has 36 heavy (non-hydrogen) atoms. The van der Waals surface area contributed by atoms with Crippen LogP contribution in [0.1, 0.15) is 26.3 Å². The fourth-order valence-electron chi connectivity index (χ4n) is 3.08. The topological polar surface area (TPSA) is 62.6 Å². The Bertz CT molecular complexity index is 1250. The van der Waals surface area contributed by atoms with Crippen molar-refractivity contribution in [2.75, 3.05) is 12.4 Å². The minimum absolute atomic E-state index is 0.110. The largest absolute Gasteiger partial charge is 0.573 e. The van der Waals surface area contributed by atoms with E-state index in [9.17, 15) is 18.0 Å². The van der Waals surface area contributed by atoms with Crippen LogP contribution < -0.4 is 19.8 Å². The number of alkyl halides is 3. The Morgan fingerprint density at radius 3 is 2.25 bits per heavy atom. The van der Waals surface area contributed by atoms with Crippen molar-refractivity contribution >= 4 is 35.0 Å². The molecule has 3 aromatic rings. The van der Waals surface area contributed by atoms with Crippen molar-refractivity contribution in [2.24, 2.45) is 0 Å². The molecule has 0 aliphatic heterocycles. The molecule has 0 amide bonds. The van der Waals surface area contributed by atoms with E-state index in [1.54, 1.807) is 25.3 Å². The number of aromatic nitrogens is 2. The molecule has 0 aliphatic carbocycles. The monoisotopic (exact) mass is 562 g/mol. The number of hydrogen-bond donors (Lipinski definition) is 0. The summed E-state index contributed by atoms with van der Waals surface area (Å²) in [4.78, 5) is 13.0. The van der Waals surface area contributed by atoms with Crippen LogP contribution in [0.5, 0.6) is 23.0 Å². The van der Waals surface area contributed by atoms with Gasteiger partial charge in [-0.3, -0.25) is 4.79 Å². The number of halogens is 5. The second-order valence-electron chi connectivity index (χ2n) is 8.58. The minimum atomic E-state index is -4.76. The van der Waals surface area contributed by atoms with Crippen molar-refractivity contribution < 1.29 is 27.4 Å². The first-order chi connectivity index (χ1) is 16.7. The summed E-state index contributed by atoms with van der Waals surface area (Å²) in [5.74, 6) is 1.30. The number of aryl methyl sites for hydroxylation is 1. The summed E-state index contributed by atoms with van der Waals surface area (Å²) in [6.07, 6.45) is -3.20. The second kappa shape index (κ2) is 11.2. The van der Waals surface area contributed by atoms with Gasteiger partial charge in [0.25, 0.3) is 5.56 Å². The van der Waals surface area contributed by atoms with E-state index in [1.807, 2.05) is 20.8 Å². The molecule has 2 aromatic carbocycles. The van der Waals surface area contributed by atoms with Crippen molar-refractivity contribution in [1.29, 1.82) is 0 Å². The smallest absolute Gasteiger partial charge is 0.491 e. The van der Waals surface area contributed by atoms with Crippen LogP contribution in [0.15, 0.2) is 52.3 Å². The first kappa shape index (κ1) is 28.0. The molecular formula is C24H23Cl2F3N2O4S. The van der Waals surface area contributed by atoms with E-state index in [2.05, 4.69) is 9.84 Å². The molecule has 0 N–H and O–H groups in total. The molecular weight excluding hydrogens is 540 g/mol. The number of hydrogen-bond acceptors (Lipinski definition) is 6. The molecule has 3 rings (SSSR count). The average molecular weight is 563 g/mol. The van der Waals surface area contributed by atoms with Crippen LogP contribution in [-0.4, -0.2) is 28.5 Å². The predicted molar refractivity (Wildman–Crippen MR) is 134 cm³/mol. The summed E-state index contributed by atoms with van der Waals surface area (Å²) in [5, 5.41) is 4.62. The molecule has 0 unspecified atom stereocenters. The molecule has 0 spiro atoms. The third-order valence-electron chi connectivity index (χ3n) is 4.61. The van der Waals surface area contributed by atoms with Crippen molar-refractivity contribution in [2.45, 2.75) is 44.5 Å². The molecule has 0 bridgehead atoms. The van der Waals surface area contributed by atoms with Gasteiger partial charge in [0.2, 0.25) is 0 Å². The van der Waals surface area contributed by atoms with E-state index in [0.717, 1.165) is 12.1 Å². The lowest BCUT2D eigenvalue weighted by molar-refractivity contribution is -0.274. The zero-order valence-corrected chi connectivity index (χ0v) is 22.1. The minimum Gasteiger partial charge on any atom is -0.491 e. The molecule has 0 atom stereocenters. The van der Waals surface area contributed by atoms with E-state index < -0.39 is 11.9 Å². The average Bonchev–Trinajstić information content (AvgIpc) is 2.75. The Hall–Kier alpha value is -2.56. The molecule has 0 radical (unpaired) electrons. The number of benzene rings is 2. The molecule has 12 heteroatoms. The van der Waals surface area contributed by atoms with Crippen LogP contribution in [0.3, 0.4) is 0 Å². The number of nitrogens with zero attached hydrogens (tertiary/aromatic N) is 2. The molecule has 0 aliphatic rings. The van der Waals surface area contributed by atoms with E-state index in [1.165, 1.54) is 28.6 Å². The standard InChI is InChI=1S/C24H23Cl2F3N2O4S/c1-14-11-17(34-15-5-7-16(8-6-15)35-24(27,28)29)12-18(25)21(14)33-9-10-36-19-13-30-31(23(2,3)4)22(32)20(19)26/h5-8,11-13H,9-10H2,1-4H3. The third-order valence-corrected chi connectivity index (χ3v) is 6.35. The lowest BCUT2D eigenvalue weighted by Gasteiger charge is -2.21. The highest BCUT2D eigenvalue weighted by Gasteiger charge is 2.31. The maximum absolute atomic E-state index is 12.5. The summed E-state index contributed by atoms with van der Waals surface area (Å²) < 4.78 is 53.6. The van der Waals surface area contributed by atoms with Gasteiger partial charge >= 0.3 is 6.36 Å². The van der Waals surface area contributed by atoms with Gasteiger partial charge in [-0.1, -0.05) is 23.2 Å². The molecule has 0 fully saturated rings. The maximum Gasteiger partial charge on any atom is 0.573 e. The Labute approximate surface area is 220 Å². The second-order valence-corrected chi connectivity index (χ2v) is 10.5. The first-order valence-corrected chi connectivity index (χ1v) is 12.4. The zero-order chi connectivity index (χ0) is 26.7. The van der Waals surface area contributed by atoms with Crippen molar-refractivity contribution in [3.63, 3.8) is 0 Å². The number of rotatable bonds is 8.